The first-order valence-electron chi connectivity index (χ1n) is 10.2. The van der Waals surface area contributed by atoms with Crippen LogP contribution in [0.15, 0.2) is 40.0 Å². The summed E-state index contributed by atoms with van der Waals surface area (Å²) >= 11 is -0.983. The molecule has 1 aromatic heterocycles. The number of hydrogen-bond donors (Lipinski definition) is 1. The maximum Gasteiger partial charge on any atom is 0.338 e. The summed E-state index contributed by atoms with van der Waals surface area (Å²) in [6, 6.07) is 1.47. The van der Waals surface area contributed by atoms with E-state index < -0.39 is 34.9 Å². The van der Waals surface area contributed by atoms with E-state index in [1.54, 1.807) is 11.6 Å². The Hall–Kier alpha value is -2.54. The van der Waals surface area contributed by atoms with Crippen molar-refractivity contribution >= 4 is 34.4 Å². The number of carbonyl (C=O) groups excluding carboxylic acids is 1. The number of hydrogen-bond acceptors (Lipinski definition) is 8. The number of nitrogens with one attached hydrogen (secondary N) is 1. The van der Waals surface area contributed by atoms with Crippen LogP contribution in [0, 0.1) is 24.5 Å². The van der Waals surface area contributed by atoms with Crippen molar-refractivity contribution in [3.05, 3.63) is 62.7 Å². The molecule has 0 radical (unpaired) electrons. The van der Waals surface area contributed by atoms with Crippen LogP contribution in [0.4, 0.5) is 8.78 Å². The Kier molecular flexibility index (Phi) is 6.98. The van der Waals surface area contributed by atoms with Crippen LogP contribution in [0.5, 0.6) is 0 Å². The van der Waals surface area contributed by atoms with Gasteiger partial charge in [0.2, 0.25) is 0 Å². The van der Waals surface area contributed by atoms with Crippen molar-refractivity contribution < 1.29 is 27.1 Å². The lowest BCUT2D eigenvalue weighted by Crippen LogP contribution is -2.41. The van der Waals surface area contributed by atoms with E-state index in [-0.39, 0.29) is 17.1 Å². The van der Waals surface area contributed by atoms with Crippen LogP contribution in [0.2, 0.25) is 0 Å². The summed E-state index contributed by atoms with van der Waals surface area (Å²) in [4.78, 5) is 21.9. The first-order valence-corrected chi connectivity index (χ1v) is 12.1. The van der Waals surface area contributed by atoms with E-state index in [0.717, 1.165) is 6.07 Å². The first kappa shape index (κ1) is 23.6. The average molecular weight is 496 g/mol. The predicted octanol–water partition coefficient (Wildman–Crippen LogP) is 2.75. The smallest absolute Gasteiger partial charge is 0.338 e. The van der Waals surface area contributed by atoms with Gasteiger partial charge in [-0.15, -0.1) is 11.3 Å². The van der Waals surface area contributed by atoms with Crippen LogP contribution < -0.4 is 5.32 Å². The molecule has 0 bridgehead atoms. The zero-order valence-corrected chi connectivity index (χ0v) is 19.5. The summed E-state index contributed by atoms with van der Waals surface area (Å²) < 4.78 is 57.3. The molecule has 0 spiro atoms. The van der Waals surface area contributed by atoms with Gasteiger partial charge in [-0.05, 0) is 37.0 Å². The molecule has 8 nitrogen and oxygen atoms in total. The number of halogens is 2. The van der Waals surface area contributed by atoms with Gasteiger partial charge in [-0.25, -0.2) is 22.9 Å². The number of rotatable bonds is 5. The zero-order chi connectivity index (χ0) is 23.7. The monoisotopic (exact) mass is 495 g/mol. The van der Waals surface area contributed by atoms with Gasteiger partial charge in [0, 0.05) is 47.5 Å². The van der Waals surface area contributed by atoms with Gasteiger partial charge in [-0.1, -0.05) is 6.07 Å². The number of allylic oxidation sites excluding steroid dienone is 1. The summed E-state index contributed by atoms with van der Waals surface area (Å²) in [5.41, 5.74) is 1.10. The lowest BCUT2D eigenvalue weighted by Gasteiger charge is -2.37. The molecule has 1 N–H and O–H groups in total. The second-order valence-corrected chi connectivity index (χ2v) is 9.50. The molecule has 2 aliphatic heterocycles. The fourth-order valence-electron chi connectivity index (χ4n) is 4.15. The second kappa shape index (κ2) is 9.75. The third-order valence-electron chi connectivity index (χ3n) is 5.86. The average Bonchev–Trinajstić information content (AvgIpc) is 3.36. The first-order chi connectivity index (χ1) is 15.8. The number of aliphatic imine (C=N–C) groups is 1. The van der Waals surface area contributed by atoms with E-state index in [1.165, 1.54) is 35.7 Å². The van der Waals surface area contributed by atoms with Crippen molar-refractivity contribution in [2.45, 2.75) is 25.8 Å². The maximum atomic E-state index is 14.5. The fourth-order valence-corrected chi connectivity index (χ4v) is 5.25. The minimum Gasteiger partial charge on any atom is -0.760 e. The summed E-state index contributed by atoms with van der Waals surface area (Å²) in [5, 5.41) is 5.56. The second-order valence-electron chi connectivity index (χ2n) is 7.66. The lowest BCUT2D eigenvalue weighted by atomic mass is 9.85. The highest BCUT2D eigenvalue weighted by Crippen LogP contribution is 2.39. The molecule has 0 aliphatic carbocycles. The van der Waals surface area contributed by atoms with E-state index in [0.29, 0.717) is 48.0 Å². The number of ether oxygens (including phenoxy) is 1. The third kappa shape index (κ3) is 4.60. The zero-order valence-electron chi connectivity index (χ0n) is 17.8. The van der Waals surface area contributed by atoms with E-state index in [9.17, 15) is 22.3 Å². The highest BCUT2D eigenvalue weighted by Gasteiger charge is 2.37. The molecule has 3 heterocycles. The molecular weight excluding hydrogens is 474 g/mol. The number of nitrogens with zero attached hydrogens (tertiary/aromatic N) is 3. The van der Waals surface area contributed by atoms with Crippen LogP contribution in [0.1, 0.15) is 35.0 Å². The quantitative estimate of drug-likeness (QED) is 0.505. The molecular formula is C21H21F2N4O4S2-. The number of methoxy groups -OCH3 is 1. The van der Waals surface area contributed by atoms with Crippen molar-refractivity contribution in [3.8, 4) is 0 Å². The molecule has 2 atom stereocenters. The number of carbonyl (C=O) groups is 1. The van der Waals surface area contributed by atoms with Crippen molar-refractivity contribution in [1.82, 2.24) is 14.6 Å². The van der Waals surface area contributed by atoms with E-state index in [2.05, 4.69) is 15.3 Å². The molecule has 2 aliphatic rings. The Morgan fingerprint density at radius 2 is 2.06 bits per heavy atom. The Labute approximate surface area is 195 Å². The van der Waals surface area contributed by atoms with Gasteiger partial charge in [0.05, 0.1) is 12.7 Å². The molecule has 0 saturated carbocycles. The van der Waals surface area contributed by atoms with Gasteiger partial charge in [-0.3, -0.25) is 9.20 Å². The Bertz CT molecular complexity index is 1150. The van der Waals surface area contributed by atoms with Gasteiger partial charge >= 0.3 is 5.97 Å². The van der Waals surface area contributed by atoms with Gasteiger partial charge in [0.15, 0.2) is 22.5 Å². The van der Waals surface area contributed by atoms with Gasteiger partial charge in [0.1, 0.15) is 6.04 Å². The molecule has 176 valence electrons. The Balaban J connectivity index is 1.85. The Morgan fingerprint density at radius 1 is 1.33 bits per heavy atom. The number of piperidine rings is 1. The number of aromatic nitrogens is 1. The molecule has 12 heteroatoms. The normalized spacial score (nSPS) is 20.9. The third-order valence-corrected chi connectivity index (χ3v) is 7.43. The standard InChI is InChI=1S/C21H22F2N4O4S2/c1-11-13(3-4-14(22)16(11)23)18-15(21(28)31-2)17(12-5-8-27(9-6-12)33(29)30)25-19(26-18)20-24-7-10-32-20/h3-4,7,10,12,18H,5-6,8-9H2,1-2H3,(H,25,26)(H,29,30)/p-1. The molecule has 4 rings (SSSR count). The van der Waals surface area contributed by atoms with Crippen LogP contribution in [-0.2, 0) is 20.8 Å². The minimum absolute atomic E-state index is 0.0430. The van der Waals surface area contributed by atoms with Crippen molar-refractivity contribution in [1.29, 1.82) is 0 Å². The van der Waals surface area contributed by atoms with Crippen LogP contribution in [0.3, 0.4) is 0 Å². The van der Waals surface area contributed by atoms with Gasteiger partial charge in [-0.2, -0.15) is 0 Å². The van der Waals surface area contributed by atoms with Crippen LogP contribution in [-0.4, -0.2) is 50.1 Å². The highest BCUT2D eigenvalue weighted by molar-refractivity contribution is 7.76. The van der Waals surface area contributed by atoms with Gasteiger partial charge in [0.25, 0.3) is 0 Å². The lowest BCUT2D eigenvalue weighted by molar-refractivity contribution is -0.136. The van der Waals surface area contributed by atoms with Gasteiger partial charge < -0.3 is 14.6 Å². The minimum atomic E-state index is -2.32. The van der Waals surface area contributed by atoms with E-state index >= 15 is 0 Å². The number of benzene rings is 1. The SMILES string of the molecule is COC(=O)C1=C(C2CCN(S(=O)[O-])CC2)NC(c2nccs2)=NC1c1ccc(F)c(F)c1C. The molecule has 2 unspecified atom stereocenters. The predicted molar refractivity (Wildman–Crippen MR) is 118 cm³/mol. The summed E-state index contributed by atoms with van der Waals surface area (Å²) in [6.07, 6.45) is 2.54. The number of esters is 1. The van der Waals surface area contributed by atoms with Crippen LogP contribution >= 0.6 is 11.3 Å². The topological polar surface area (TPSA) is 107 Å². The van der Waals surface area contributed by atoms with Crippen molar-refractivity contribution in [3.63, 3.8) is 0 Å². The van der Waals surface area contributed by atoms with E-state index in [4.69, 9.17) is 4.74 Å². The molecule has 33 heavy (non-hydrogen) atoms. The van der Waals surface area contributed by atoms with Crippen molar-refractivity contribution in [2.75, 3.05) is 20.2 Å². The largest absolute Gasteiger partial charge is 0.760 e. The van der Waals surface area contributed by atoms with E-state index in [1.807, 2.05) is 0 Å². The summed E-state index contributed by atoms with van der Waals surface area (Å²) in [7, 11) is 1.24. The van der Waals surface area contributed by atoms with Crippen LogP contribution in [0.25, 0.3) is 0 Å². The Morgan fingerprint density at radius 3 is 2.67 bits per heavy atom. The summed E-state index contributed by atoms with van der Waals surface area (Å²) in [6.45, 7) is 2.02. The molecule has 1 aromatic carbocycles. The molecule has 1 saturated heterocycles. The molecule has 2 aromatic rings. The molecule has 1 fully saturated rings. The molecule has 0 amide bonds. The number of amidine groups is 1. The number of thiazole rings is 1. The fraction of sp³-hybridized carbons (Fsp3) is 0.381. The highest BCUT2D eigenvalue weighted by atomic mass is 32.2. The maximum absolute atomic E-state index is 14.5. The van der Waals surface area contributed by atoms with Crippen molar-refractivity contribution in [2.24, 2.45) is 10.9 Å². The summed E-state index contributed by atoms with van der Waals surface area (Å²) in [5.74, 6) is -2.44.